The van der Waals surface area contributed by atoms with Crippen LogP contribution >= 0.6 is 0 Å². The van der Waals surface area contributed by atoms with E-state index in [4.69, 9.17) is 0 Å². The average molecular weight is 263 g/mol. The van der Waals surface area contributed by atoms with Crippen LogP contribution in [-0.4, -0.2) is 41.9 Å². The minimum absolute atomic E-state index is 0.0996. The first-order valence-corrected chi connectivity index (χ1v) is 6.30. The normalized spacial score (nSPS) is 18.9. The zero-order valence-corrected chi connectivity index (χ0v) is 10.8. The Labute approximate surface area is 111 Å². The lowest BCUT2D eigenvalue weighted by Gasteiger charge is -2.12. The lowest BCUT2D eigenvalue weighted by atomic mass is 10.1. The minimum Gasteiger partial charge on any atom is -0.344 e. The zero-order valence-electron chi connectivity index (χ0n) is 10.8. The van der Waals surface area contributed by atoms with Crippen LogP contribution in [0.1, 0.15) is 12.0 Å². The van der Waals surface area contributed by atoms with Gasteiger partial charge >= 0.3 is 0 Å². The number of nitrogens with one attached hydrogen (secondary N) is 1. The molecule has 1 aliphatic rings. The zero-order chi connectivity index (χ0) is 13.8. The van der Waals surface area contributed by atoms with E-state index in [1.165, 1.54) is 6.07 Å². The van der Waals surface area contributed by atoms with Crippen molar-refractivity contribution in [2.24, 2.45) is 0 Å². The Kier molecular flexibility index (Phi) is 4.11. The molecule has 0 aromatic heterocycles. The summed E-state index contributed by atoms with van der Waals surface area (Å²) in [4.78, 5) is 23.9. The van der Waals surface area contributed by atoms with Crippen LogP contribution in [0.2, 0.25) is 0 Å². The summed E-state index contributed by atoms with van der Waals surface area (Å²) in [7, 11) is 1.78. The second kappa shape index (κ2) is 5.79. The summed E-state index contributed by atoms with van der Waals surface area (Å²) in [5.74, 6) is 0.0996. The van der Waals surface area contributed by atoms with Gasteiger partial charge in [-0.1, -0.05) is 18.2 Å². The molecule has 6 nitrogen and oxygen atoms in total. The summed E-state index contributed by atoms with van der Waals surface area (Å²) in [6, 6.07) is 6.56. The smallest absolute Gasteiger partial charge is 0.272 e. The van der Waals surface area contributed by atoms with E-state index in [1.807, 2.05) is 0 Å². The van der Waals surface area contributed by atoms with Crippen molar-refractivity contribution < 1.29 is 9.72 Å². The molecule has 2 rings (SSSR count). The van der Waals surface area contributed by atoms with Gasteiger partial charge in [-0.25, -0.2) is 0 Å². The molecule has 0 aliphatic carbocycles. The quantitative estimate of drug-likeness (QED) is 0.634. The summed E-state index contributed by atoms with van der Waals surface area (Å²) in [6.07, 6.45) is 1.34. The maximum absolute atomic E-state index is 11.7. The molecule has 6 heteroatoms. The van der Waals surface area contributed by atoms with Gasteiger partial charge in [0.05, 0.1) is 11.0 Å². The van der Waals surface area contributed by atoms with Gasteiger partial charge < -0.3 is 10.2 Å². The first-order chi connectivity index (χ1) is 9.09. The van der Waals surface area contributed by atoms with E-state index in [0.717, 1.165) is 13.0 Å². The third-order valence-corrected chi connectivity index (χ3v) is 3.40. The van der Waals surface area contributed by atoms with Crippen LogP contribution in [0.15, 0.2) is 24.3 Å². The van der Waals surface area contributed by atoms with Crippen LogP contribution in [0, 0.1) is 10.1 Å². The number of para-hydroxylation sites is 1. The van der Waals surface area contributed by atoms with Crippen LogP contribution in [-0.2, 0) is 11.2 Å². The van der Waals surface area contributed by atoms with Gasteiger partial charge in [0.2, 0.25) is 5.91 Å². The van der Waals surface area contributed by atoms with Gasteiger partial charge in [-0.2, -0.15) is 0 Å². The fourth-order valence-corrected chi connectivity index (χ4v) is 2.29. The maximum atomic E-state index is 11.7. The number of carbonyl (C=O) groups excluding carboxylic acids is 1. The van der Waals surface area contributed by atoms with Crippen LogP contribution in [0.5, 0.6) is 0 Å². The molecule has 0 bridgehead atoms. The van der Waals surface area contributed by atoms with Gasteiger partial charge in [0, 0.05) is 31.8 Å². The van der Waals surface area contributed by atoms with Crippen molar-refractivity contribution in [2.75, 3.05) is 20.1 Å². The van der Waals surface area contributed by atoms with Gasteiger partial charge in [0.1, 0.15) is 0 Å². The van der Waals surface area contributed by atoms with Crippen LogP contribution in [0.4, 0.5) is 5.69 Å². The average Bonchev–Trinajstić information content (AvgIpc) is 2.71. The van der Waals surface area contributed by atoms with E-state index in [1.54, 1.807) is 30.1 Å². The molecule has 102 valence electrons. The Morgan fingerprint density at radius 3 is 2.84 bits per heavy atom. The topological polar surface area (TPSA) is 75.5 Å². The van der Waals surface area contributed by atoms with Gasteiger partial charge in [0.15, 0.2) is 0 Å². The number of benzene rings is 1. The standard InChI is InChI=1S/C13H17N3O3/c1-15-9-7-11(13(15)17)14-8-6-10-4-2-3-5-12(10)16(18)19/h2-5,11,14H,6-9H2,1H3. The first-order valence-electron chi connectivity index (χ1n) is 6.30. The highest BCUT2D eigenvalue weighted by Crippen LogP contribution is 2.18. The van der Waals surface area contributed by atoms with Crippen molar-refractivity contribution in [3.63, 3.8) is 0 Å². The number of nitro benzene ring substituents is 1. The molecular formula is C13H17N3O3. The number of likely N-dealkylation sites (N-methyl/N-ethyl adjacent to an activating group) is 1. The largest absolute Gasteiger partial charge is 0.344 e. The molecule has 1 heterocycles. The van der Waals surface area contributed by atoms with Crippen molar-refractivity contribution in [1.29, 1.82) is 0 Å². The molecule has 0 saturated carbocycles. The van der Waals surface area contributed by atoms with E-state index in [9.17, 15) is 14.9 Å². The molecule has 1 N–H and O–H groups in total. The molecule has 1 atom stereocenters. The van der Waals surface area contributed by atoms with Crippen LogP contribution < -0.4 is 5.32 Å². The lowest BCUT2D eigenvalue weighted by Crippen LogP contribution is -2.37. The SMILES string of the molecule is CN1CCC(NCCc2ccccc2[N+](=O)[O-])C1=O. The summed E-state index contributed by atoms with van der Waals surface area (Å²) in [5, 5.41) is 14.0. The Morgan fingerprint density at radius 2 is 2.21 bits per heavy atom. The molecule has 1 unspecified atom stereocenters. The molecule has 0 spiro atoms. The minimum atomic E-state index is -0.371. The number of hydrogen-bond acceptors (Lipinski definition) is 4. The Bertz CT molecular complexity index is 490. The number of nitro groups is 1. The molecule has 1 saturated heterocycles. The highest BCUT2D eigenvalue weighted by molar-refractivity contribution is 5.83. The van der Waals surface area contributed by atoms with Crippen LogP contribution in [0.25, 0.3) is 0 Å². The molecular weight excluding hydrogens is 246 g/mol. The van der Waals surface area contributed by atoms with E-state index in [0.29, 0.717) is 18.5 Å². The molecule has 1 aliphatic heterocycles. The van der Waals surface area contributed by atoms with E-state index >= 15 is 0 Å². The molecule has 1 aromatic carbocycles. The molecule has 19 heavy (non-hydrogen) atoms. The number of amides is 1. The monoisotopic (exact) mass is 263 g/mol. The third kappa shape index (κ3) is 3.08. The number of hydrogen-bond donors (Lipinski definition) is 1. The Morgan fingerprint density at radius 1 is 1.47 bits per heavy atom. The highest BCUT2D eigenvalue weighted by atomic mass is 16.6. The van der Waals surface area contributed by atoms with Gasteiger partial charge in [-0.05, 0) is 12.8 Å². The fourth-order valence-electron chi connectivity index (χ4n) is 2.29. The van der Waals surface area contributed by atoms with Gasteiger partial charge in [0.25, 0.3) is 5.69 Å². The summed E-state index contributed by atoms with van der Waals surface area (Å²) >= 11 is 0. The van der Waals surface area contributed by atoms with Crippen molar-refractivity contribution >= 4 is 11.6 Å². The second-order valence-corrected chi connectivity index (χ2v) is 4.69. The predicted molar refractivity (Wildman–Crippen MR) is 70.8 cm³/mol. The highest BCUT2D eigenvalue weighted by Gasteiger charge is 2.28. The second-order valence-electron chi connectivity index (χ2n) is 4.69. The molecule has 0 radical (unpaired) electrons. The molecule has 1 fully saturated rings. The van der Waals surface area contributed by atoms with Gasteiger partial charge in [-0.3, -0.25) is 14.9 Å². The maximum Gasteiger partial charge on any atom is 0.272 e. The predicted octanol–water partition coefficient (Wildman–Crippen LogP) is 0.958. The number of rotatable bonds is 5. The summed E-state index contributed by atoms with van der Waals surface area (Å²) in [6.45, 7) is 1.33. The summed E-state index contributed by atoms with van der Waals surface area (Å²) in [5.41, 5.74) is 0.831. The number of likely N-dealkylation sites (tertiary alicyclic amines) is 1. The summed E-state index contributed by atoms with van der Waals surface area (Å²) < 4.78 is 0. The van der Waals surface area contributed by atoms with Crippen molar-refractivity contribution in [2.45, 2.75) is 18.9 Å². The van der Waals surface area contributed by atoms with Crippen molar-refractivity contribution in [3.05, 3.63) is 39.9 Å². The van der Waals surface area contributed by atoms with E-state index < -0.39 is 0 Å². The first kappa shape index (κ1) is 13.5. The number of nitrogens with zero attached hydrogens (tertiary/aromatic N) is 2. The Hall–Kier alpha value is -1.95. The number of carbonyl (C=O) groups is 1. The lowest BCUT2D eigenvalue weighted by molar-refractivity contribution is -0.385. The fraction of sp³-hybridized carbons (Fsp3) is 0.462. The van der Waals surface area contributed by atoms with Gasteiger partial charge in [-0.15, -0.1) is 0 Å². The van der Waals surface area contributed by atoms with Crippen LogP contribution in [0.3, 0.4) is 0 Å². The Balaban J connectivity index is 1.90. The van der Waals surface area contributed by atoms with E-state index in [-0.39, 0.29) is 22.6 Å². The third-order valence-electron chi connectivity index (χ3n) is 3.40. The molecule has 1 aromatic rings. The molecule has 1 amide bonds. The van der Waals surface area contributed by atoms with Crippen molar-refractivity contribution in [3.8, 4) is 0 Å². The van der Waals surface area contributed by atoms with E-state index in [2.05, 4.69) is 5.32 Å². The van der Waals surface area contributed by atoms with Crippen molar-refractivity contribution in [1.82, 2.24) is 10.2 Å².